The van der Waals surface area contributed by atoms with Crippen LogP contribution in [0.4, 0.5) is 0 Å². The maximum atomic E-state index is 11.1. The second kappa shape index (κ2) is 8.82. The van der Waals surface area contributed by atoms with Crippen molar-refractivity contribution in [2.24, 2.45) is 0 Å². The first-order valence-corrected chi connectivity index (χ1v) is 8.45. The van der Waals surface area contributed by atoms with E-state index >= 15 is 0 Å². The van der Waals surface area contributed by atoms with Gasteiger partial charge in [-0.1, -0.05) is 71.8 Å². The van der Waals surface area contributed by atoms with Gasteiger partial charge in [0.15, 0.2) is 0 Å². The predicted octanol–water partition coefficient (Wildman–Crippen LogP) is 5.51. The van der Waals surface area contributed by atoms with E-state index < -0.39 is 5.97 Å². The van der Waals surface area contributed by atoms with Gasteiger partial charge in [-0.25, -0.2) is 4.79 Å². The highest BCUT2D eigenvalue weighted by molar-refractivity contribution is 5.91. The molecule has 0 amide bonds. The Kier molecular flexibility index (Phi) is 7.43. The number of hydrogen-bond donors (Lipinski definition) is 2. The number of hydrogen-bond acceptors (Lipinski definition) is 2. The monoisotopic (exact) mass is 306 g/mol. The molecule has 0 aliphatic rings. The Morgan fingerprint density at radius 1 is 1.05 bits per heavy atom. The van der Waals surface area contributed by atoms with Crippen molar-refractivity contribution in [3.05, 3.63) is 29.3 Å². The highest BCUT2D eigenvalue weighted by Gasteiger charge is 2.22. The molecule has 22 heavy (non-hydrogen) atoms. The molecule has 0 spiro atoms. The molecule has 0 heterocycles. The molecular formula is C19H30O3. The molecule has 0 radical (unpaired) electrons. The van der Waals surface area contributed by atoms with Crippen molar-refractivity contribution in [1.29, 1.82) is 0 Å². The number of aromatic hydroxyl groups is 1. The van der Waals surface area contributed by atoms with E-state index in [1.54, 1.807) is 6.07 Å². The normalized spacial score (nSPS) is 11.6. The van der Waals surface area contributed by atoms with E-state index in [0.29, 0.717) is 0 Å². The fourth-order valence-corrected chi connectivity index (χ4v) is 2.80. The summed E-state index contributed by atoms with van der Waals surface area (Å²) in [6.07, 6.45) is 9.96. The zero-order chi connectivity index (χ0) is 16.6. The minimum atomic E-state index is -1.08. The van der Waals surface area contributed by atoms with E-state index in [2.05, 4.69) is 20.8 Å². The summed E-state index contributed by atoms with van der Waals surface area (Å²) in [6.45, 7) is 6.51. The van der Waals surface area contributed by atoms with Crippen molar-refractivity contribution in [1.82, 2.24) is 0 Å². The Bertz CT molecular complexity index is 478. The van der Waals surface area contributed by atoms with Gasteiger partial charge in [0.2, 0.25) is 0 Å². The molecule has 124 valence electrons. The van der Waals surface area contributed by atoms with Gasteiger partial charge in [-0.2, -0.15) is 0 Å². The van der Waals surface area contributed by atoms with Gasteiger partial charge in [-0.15, -0.1) is 0 Å². The standard InChI is InChI=1S/C19H30O3/c1-4-5-6-7-8-9-10-13-19(2,3)15-11-12-17(20)16(14-15)18(21)22/h11-12,14,20H,4-10,13H2,1-3H3,(H,21,22). The summed E-state index contributed by atoms with van der Waals surface area (Å²) in [7, 11) is 0. The van der Waals surface area contributed by atoms with E-state index in [1.807, 2.05) is 6.07 Å². The van der Waals surface area contributed by atoms with Crippen LogP contribution in [0.1, 0.15) is 88.1 Å². The summed E-state index contributed by atoms with van der Waals surface area (Å²) in [5, 5.41) is 18.7. The zero-order valence-electron chi connectivity index (χ0n) is 14.2. The third kappa shape index (κ3) is 5.70. The van der Waals surface area contributed by atoms with Crippen LogP contribution in [-0.4, -0.2) is 16.2 Å². The molecule has 1 aromatic carbocycles. The summed E-state index contributed by atoms with van der Waals surface area (Å²) < 4.78 is 0. The largest absolute Gasteiger partial charge is 0.507 e. The van der Waals surface area contributed by atoms with Crippen LogP contribution in [0, 0.1) is 0 Å². The van der Waals surface area contributed by atoms with E-state index in [-0.39, 0.29) is 16.7 Å². The molecule has 0 aliphatic carbocycles. The van der Waals surface area contributed by atoms with Crippen LogP contribution < -0.4 is 0 Å². The summed E-state index contributed by atoms with van der Waals surface area (Å²) in [6, 6.07) is 4.94. The van der Waals surface area contributed by atoms with Crippen molar-refractivity contribution in [3.8, 4) is 5.75 Å². The van der Waals surface area contributed by atoms with Gasteiger partial charge in [0, 0.05) is 0 Å². The number of carboxylic acids is 1. The zero-order valence-corrected chi connectivity index (χ0v) is 14.2. The average Bonchev–Trinajstić information content (AvgIpc) is 2.46. The number of aromatic carboxylic acids is 1. The number of carbonyl (C=O) groups is 1. The van der Waals surface area contributed by atoms with Gasteiger partial charge in [-0.3, -0.25) is 0 Å². The Balaban J connectivity index is 2.52. The quantitative estimate of drug-likeness (QED) is 0.560. The molecule has 1 aromatic rings. The van der Waals surface area contributed by atoms with Crippen LogP contribution >= 0.6 is 0 Å². The topological polar surface area (TPSA) is 57.5 Å². The molecule has 2 N–H and O–H groups in total. The van der Waals surface area contributed by atoms with Gasteiger partial charge < -0.3 is 10.2 Å². The lowest BCUT2D eigenvalue weighted by Crippen LogP contribution is -2.17. The maximum Gasteiger partial charge on any atom is 0.339 e. The molecule has 0 aromatic heterocycles. The van der Waals surface area contributed by atoms with E-state index in [0.717, 1.165) is 18.4 Å². The third-order valence-electron chi connectivity index (χ3n) is 4.41. The minimum absolute atomic E-state index is 0.00913. The summed E-state index contributed by atoms with van der Waals surface area (Å²) >= 11 is 0. The van der Waals surface area contributed by atoms with Crippen molar-refractivity contribution < 1.29 is 15.0 Å². The number of benzene rings is 1. The molecule has 3 nitrogen and oxygen atoms in total. The highest BCUT2D eigenvalue weighted by atomic mass is 16.4. The molecule has 0 aliphatic heterocycles. The fraction of sp³-hybridized carbons (Fsp3) is 0.632. The van der Waals surface area contributed by atoms with E-state index in [9.17, 15) is 9.90 Å². The van der Waals surface area contributed by atoms with Crippen molar-refractivity contribution in [2.75, 3.05) is 0 Å². The highest BCUT2D eigenvalue weighted by Crippen LogP contribution is 2.32. The first kappa shape index (κ1) is 18.5. The summed E-state index contributed by atoms with van der Waals surface area (Å²) in [4.78, 5) is 11.1. The third-order valence-corrected chi connectivity index (χ3v) is 4.41. The first-order valence-electron chi connectivity index (χ1n) is 8.45. The van der Waals surface area contributed by atoms with Crippen molar-refractivity contribution in [2.45, 2.75) is 77.6 Å². The van der Waals surface area contributed by atoms with Crippen LogP contribution in [0.15, 0.2) is 18.2 Å². The second-order valence-corrected chi connectivity index (χ2v) is 6.79. The molecule has 0 atom stereocenters. The SMILES string of the molecule is CCCCCCCCCC(C)(C)c1ccc(O)c(C(=O)O)c1. The number of carboxylic acid groups (broad SMARTS) is 1. The van der Waals surface area contributed by atoms with Crippen LogP contribution in [-0.2, 0) is 5.41 Å². The number of rotatable bonds is 10. The molecule has 0 bridgehead atoms. The van der Waals surface area contributed by atoms with Crippen LogP contribution in [0.25, 0.3) is 0 Å². The van der Waals surface area contributed by atoms with Crippen molar-refractivity contribution >= 4 is 5.97 Å². The Morgan fingerprint density at radius 2 is 1.64 bits per heavy atom. The Labute approximate surface area is 134 Å². The molecule has 0 unspecified atom stereocenters. The van der Waals surface area contributed by atoms with Gasteiger partial charge in [-0.05, 0) is 29.5 Å². The summed E-state index contributed by atoms with van der Waals surface area (Å²) in [5.74, 6) is -1.24. The molecule has 3 heteroatoms. The minimum Gasteiger partial charge on any atom is -0.507 e. The van der Waals surface area contributed by atoms with Crippen LogP contribution in [0.2, 0.25) is 0 Å². The van der Waals surface area contributed by atoms with Crippen LogP contribution in [0.3, 0.4) is 0 Å². The second-order valence-electron chi connectivity index (χ2n) is 6.79. The molecular weight excluding hydrogens is 276 g/mol. The Hall–Kier alpha value is -1.51. The van der Waals surface area contributed by atoms with Gasteiger partial charge in [0.25, 0.3) is 0 Å². The molecule has 0 saturated carbocycles. The number of unbranched alkanes of at least 4 members (excludes halogenated alkanes) is 6. The lowest BCUT2D eigenvalue weighted by Gasteiger charge is -2.26. The molecule has 0 fully saturated rings. The van der Waals surface area contributed by atoms with Gasteiger partial charge in [0.05, 0.1) is 0 Å². The van der Waals surface area contributed by atoms with Crippen LogP contribution in [0.5, 0.6) is 5.75 Å². The molecule has 0 saturated heterocycles. The lowest BCUT2D eigenvalue weighted by atomic mass is 9.79. The van der Waals surface area contributed by atoms with Gasteiger partial charge in [0.1, 0.15) is 11.3 Å². The van der Waals surface area contributed by atoms with Crippen molar-refractivity contribution in [3.63, 3.8) is 0 Å². The molecule has 1 rings (SSSR count). The summed E-state index contributed by atoms with van der Waals surface area (Å²) in [5.41, 5.74) is 0.903. The Morgan fingerprint density at radius 3 is 2.23 bits per heavy atom. The van der Waals surface area contributed by atoms with Gasteiger partial charge >= 0.3 is 5.97 Å². The van der Waals surface area contributed by atoms with E-state index in [1.165, 1.54) is 44.6 Å². The van der Waals surface area contributed by atoms with E-state index in [4.69, 9.17) is 5.11 Å². The predicted molar refractivity (Wildman–Crippen MR) is 90.7 cm³/mol. The lowest BCUT2D eigenvalue weighted by molar-refractivity contribution is 0.0693. The average molecular weight is 306 g/mol. The smallest absolute Gasteiger partial charge is 0.339 e. The first-order chi connectivity index (χ1) is 10.4. The maximum absolute atomic E-state index is 11.1. The number of phenols is 1. The fourth-order valence-electron chi connectivity index (χ4n) is 2.80.